The summed E-state index contributed by atoms with van der Waals surface area (Å²) in [4.78, 5) is 0. The van der Waals surface area contributed by atoms with Crippen LogP contribution in [0.25, 0.3) is 0 Å². The molecule has 0 bridgehead atoms. The lowest BCUT2D eigenvalue weighted by Gasteiger charge is -2.27. The summed E-state index contributed by atoms with van der Waals surface area (Å²) in [5.74, 6) is 2.25. The average molecular weight is 381 g/mol. The summed E-state index contributed by atoms with van der Waals surface area (Å²) in [6.07, 6.45) is 5.19. The number of benzene rings is 2. The maximum absolute atomic E-state index is 6.45. The Morgan fingerprint density at radius 2 is 1.67 bits per heavy atom. The molecule has 0 heterocycles. The summed E-state index contributed by atoms with van der Waals surface area (Å²) in [5, 5.41) is 0.959. The van der Waals surface area contributed by atoms with E-state index in [1.54, 1.807) is 0 Å². The molecule has 0 radical (unpaired) electrons. The van der Waals surface area contributed by atoms with Gasteiger partial charge in [0.25, 0.3) is 0 Å². The van der Waals surface area contributed by atoms with Crippen LogP contribution in [0.1, 0.15) is 94.4 Å². The molecular formula is C26H33Cl. The number of hydrogen-bond donors (Lipinski definition) is 0. The summed E-state index contributed by atoms with van der Waals surface area (Å²) in [6.45, 7) is 11.7. The molecule has 0 nitrogen and oxygen atoms in total. The summed E-state index contributed by atoms with van der Waals surface area (Å²) < 4.78 is 0. The predicted octanol–water partition coefficient (Wildman–Crippen LogP) is 7.99. The van der Waals surface area contributed by atoms with E-state index >= 15 is 0 Å². The highest BCUT2D eigenvalue weighted by molar-refractivity contribution is 6.31. The Balaban J connectivity index is 1.48. The largest absolute Gasteiger partial charge is 0.0840 e. The van der Waals surface area contributed by atoms with E-state index in [2.05, 4.69) is 77.1 Å². The highest BCUT2D eigenvalue weighted by Gasteiger charge is 2.42. The zero-order valence-electron chi connectivity index (χ0n) is 17.5. The second kappa shape index (κ2) is 6.66. The van der Waals surface area contributed by atoms with Gasteiger partial charge in [0.2, 0.25) is 0 Å². The van der Waals surface area contributed by atoms with Crippen molar-refractivity contribution in [3.63, 3.8) is 0 Å². The first-order valence-corrected chi connectivity index (χ1v) is 10.9. The van der Waals surface area contributed by atoms with Crippen molar-refractivity contribution in [3.05, 3.63) is 69.7 Å². The Hall–Kier alpha value is -1.27. The van der Waals surface area contributed by atoms with Crippen molar-refractivity contribution in [2.24, 2.45) is 5.92 Å². The van der Waals surface area contributed by atoms with Crippen LogP contribution >= 0.6 is 11.6 Å². The fourth-order valence-electron chi connectivity index (χ4n) is 4.56. The smallest absolute Gasteiger partial charge is 0.0441 e. The molecule has 2 aromatic rings. The van der Waals surface area contributed by atoms with Gasteiger partial charge in [0.1, 0.15) is 0 Å². The highest BCUT2D eigenvalue weighted by Crippen LogP contribution is 2.54. The van der Waals surface area contributed by atoms with Crippen LogP contribution in [0.15, 0.2) is 42.5 Å². The minimum absolute atomic E-state index is 0.204. The molecule has 0 aliphatic heterocycles. The first-order valence-electron chi connectivity index (χ1n) is 10.6. The van der Waals surface area contributed by atoms with E-state index in [0.717, 1.165) is 16.9 Å². The van der Waals surface area contributed by atoms with Crippen molar-refractivity contribution in [2.75, 3.05) is 0 Å². The summed E-state index contributed by atoms with van der Waals surface area (Å²) >= 11 is 6.45. The molecule has 144 valence electrons. The van der Waals surface area contributed by atoms with Gasteiger partial charge in [0.15, 0.2) is 0 Å². The molecular weight excluding hydrogens is 348 g/mol. The topological polar surface area (TPSA) is 0 Å². The normalized spacial score (nSPS) is 22.7. The van der Waals surface area contributed by atoms with E-state index in [9.17, 15) is 0 Å². The number of hydrogen-bond acceptors (Lipinski definition) is 0. The van der Waals surface area contributed by atoms with Crippen LogP contribution in [0.4, 0.5) is 0 Å². The van der Waals surface area contributed by atoms with Gasteiger partial charge in [-0.15, -0.1) is 0 Å². The van der Waals surface area contributed by atoms with Gasteiger partial charge in [0.05, 0.1) is 0 Å². The zero-order valence-corrected chi connectivity index (χ0v) is 18.2. The lowest BCUT2D eigenvalue weighted by molar-refractivity contribution is 0.442. The van der Waals surface area contributed by atoms with Crippen molar-refractivity contribution in [1.82, 2.24) is 0 Å². The predicted molar refractivity (Wildman–Crippen MR) is 117 cm³/mol. The van der Waals surface area contributed by atoms with Crippen LogP contribution in [-0.4, -0.2) is 0 Å². The third-order valence-corrected chi connectivity index (χ3v) is 7.01. The van der Waals surface area contributed by atoms with Crippen LogP contribution in [0, 0.1) is 5.92 Å². The van der Waals surface area contributed by atoms with Crippen molar-refractivity contribution in [1.29, 1.82) is 0 Å². The van der Waals surface area contributed by atoms with Crippen LogP contribution in [0.2, 0.25) is 5.02 Å². The third kappa shape index (κ3) is 4.11. The fraction of sp³-hybridized carbons (Fsp3) is 0.538. The summed E-state index contributed by atoms with van der Waals surface area (Å²) in [5.41, 5.74) is 6.27. The molecule has 1 heteroatoms. The SMILES string of the molecule is CC(C)(C)c1cccc(C2CC2CC(C)(C)c2ccc(Cl)c(C3CC3)c2)c1. The summed E-state index contributed by atoms with van der Waals surface area (Å²) in [6, 6.07) is 16.1. The lowest BCUT2D eigenvalue weighted by Crippen LogP contribution is -2.18. The van der Waals surface area contributed by atoms with E-state index in [4.69, 9.17) is 11.6 Å². The van der Waals surface area contributed by atoms with Crippen molar-refractivity contribution >= 4 is 11.6 Å². The average Bonchev–Trinajstić information content (AvgIpc) is 3.49. The molecule has 2 aliphatic carbocycles. The van der Waals surface area contributed by atoms with Gasteiger partial charge in [-0.25, -0.2) is 0 Å². The summed E-state index contributed by atoms with van der Waals surface area (Å²) in [7, 11) is 0. The Morgan fingerprint density at radius 1 is 0.926 bits per heavy atom. The molecule has 2 aliphatic rings. The highest BCUT2D eigenvalue weighted by atomic mass is 35.5. The molecule has 0 saturated heterocycles. The first-order chi connectivity index (χ1) is 12.6. The third-order valence-electron chi connectivity index (χ3n) is 6.67. The van der Waals surface area contributed by atoms with E-state index in [1.807, 2.05) is 0 Å². The maximum Gasteiger partial charge on any atom is 0.0441 e. The molecule has 4 rings (SSSR count). The van der Waals surface area contributed by atoms with Gasteiger partial charge in [-0.3, -0.25) is 0 Å². The molecule has 27 heavy (non-hydrogen) atoms. The van der Waals surface area contributed by atoms with E-state index in [1.165, 1.54) is 47.9 Å². The molecule has 0 N–H and O–H groups in total. The van der Waals surface area contributed by atoms with Crippen LogP contribution in [0.5, 0.6) is 0 Å². The second-order valence-electron chi connectivity index (χ2n) is 10.6. The minimum atomic E-state index is 0.204. The zero-order chi connectivity index (χ0) is 19.4. The van der Waals surface area contributed by atoms with Gasteiger partial charge in [-0.2, -0.15) is 0 Å². The molecule has 2 atom stereocenters. The van der Waals surface area contributed by atoms with E-state index < -0.39 is 0 Å². The van der Waals surface area contributed by atoms with Crippen LogP contribution in [-0.2, 0) is 10.8 Å². The van der Waals surface area contributed by atoms with Crippen molar-refractivity contribution in [3.8, 4) is 0 Å². The van der Waals surface area contributed by atoms with Gasteiger partial charge >= 0.3 is 0 Å². The van der Waals surface area contributed by atoms with E-state index in [0.29, 0.717) is 5.92 Å². The molecule has 0 spiro atoms. The number of rotatable bonds is 5. The first kappa shape index (κ1) is 19.1. The molecule has 0 amide bonds. The number of halogens is 1. The molecule has 2 aromatic carbocycles. The van der Waals surface area contributed by atoms with Crippen LogP contribution < -0.4 is 0 Å². The standard InChI is InChI=1S/C26H33Cl/c1-25(2,3)20-8-6-7-18(13-20)22-14-19(22)16-26(4,5)21-11-12-24(27)23(15-21)17-9-10-17/h6-8,11-13,15,17,19,22H,9-10,14,16H2,1-5H3. The Bertz CT molecular complexity index is 836. The fourth-order valence-corrected chi connectivity index (χ4v) is 4.83. The lowest BCUT2D eigenvalue weighted by atomic mass is 9.78. The maximum atomic E-state index is 6.45. The van der Waals surface area contributed by atoms with Gasteiger partial charge in [-0.05, 0) is 82.6 Å². The quantitative estimate of drug-likeness (QED) is 0.493. The second-order valence-corrected chi connectivity index (χ2v) is 11.0. The molecule has 2 unspecified atom stereocenters. The van der Waals surface area contributed by atoms with Gasteiger partial charge in [-0.1, -0.05) is 82.6 Å². The van der Waals surface area contributed by atoms with Gasteiger partial charge in [0, 0.05) is 5.02 Å². The Kier molecular flexibility index (Phi) is 4.70. The molecule has 0 aromatic heterocycles. The molecule has 2 fully saturated rings. The minimum Gasteiger partial charge on any atom is -0.0840 e. The monoisotopic (exact) mass is 380 g/mol. The van der Waals surface area contributed by atoms with E-state index in [-0.39, 0.29) is 10.8 Å². The Labute approximate surface area is 170 Å². The van der Waals surface area contributed by atoms with Crippen molar-refractivity contribution < 1.29 is 0 Å². The van der Waals surface area contributed by atoms with Crippen molar-refractivity contribution in [2.45, 2.75) is 83.0 Å². The molecule has 2 saturated carbocycles. The van der Waals surface area contributed by atoms with Crippen LogP contribution in [0.3, 0.4) is 0 Å². The van der Waals surface area contributed by atoms with Gasteiger partial charge < -0.3 is 0 Å². The Morgan fingerprint density at radius 3 is 2.33 bits per heavy atom.